The SMILES string of the molecule is CC(C)CC(=O)NC1CCOc2c(F)cc(C(C)N)cc21. The van der Waals surface area contributed by atoms with Gasteiger partial charge in [0.15, 0.2) is 11.6 Å². The van der Waals surface area contributed by atoms with Gasteiger partial charge in [-0.1, -0.05) is 13.8 Å². The Hall–Kier alpha value is -1.62. The van der Waals surface area contributed by atoms with E-state index in [2.05, 4.69) is 5.32 Å². The minimum absolute atomic E-state index is 0.0190. The van der Waals surface area contributed by atoms with Crippen LogP contribution in [0.1, 0.15) is 56.8 Å². The van der Waals surface area contributed by atoms with Crippen LogP contribution in [0.4, 0.5) is 4.39 Å². The van der Waals surface area contributed by atoms with E-state index in [9.17, 15) is 9.18 Å². The van der Waals surface area contributed by atoms with Gasteiger partial charge < -0.3 is 15.8 Å². The molecule has 0 saturated heterocycles. The number of amides is 1. The number of hydrogen-bond acceptors (Lipinski definition) is 3. The van der Waals surface area contributed by atoms with Crippen molar-refractivity contribution in [3.05, 3.63) is 29.1 Å². The molecule has 0 aromatic heterocycles. The second-order valence-electron chi connectivity index (χ2n) is 6.06. The summed E-state index contributed by atoms with van der Waals surface area (Å²) in [4.78, 5) is 12.0. The molecule has 2 unspecified atom stereocenters. The zero-order chi connectivity index (χ0) is 15.6. The van der Waals surface area contributed by atoms with E-state index < -0.39 is 5.82 Å². The van der Waals surface area contributed by atoms with Crippen LogP contribution in [0.3, 0.4) is 0 Å². The number of nitrogens with two attached hydrogens (primary N) is 1. The summed E-state index contributed by atoms with van der Waals surface area (Å²) in [5.41, 5.74) is 7.23. The first-order valence-electron chi connectivity index (χ1n) is 7.39. The van der Waals surface area contributed by atoms with Crippen LogP contribution < -0.4 is 15.8 Å². The van der Waals surface area contributed by atoms with Crippen LogP contribution in [0.15, 0.2) is 12.1 Å². The lowest BCUT2D eigenvalue weighted by atomic mass is 9.95. The highest BCUT2D eigenvalue weighted by Gasteiger charge is 2.27. The van der Waals surface area contributed by atoms with Crippen LogP contribution in [0.5, 0.6) is 5.75 Å². The highest BCUT2D eigenvalue weighted by molar-refractivity contribution is 5.76. The molecule has 1 heterocycles. The van der Waals surface area contributed by atoms with Gasteiger partial charge in [-0.15, -0.1) is 0 Å². The molecule has 0 bridgehead atoms. The fourth-order valence-corrected chi connectivity index (χ4v) is 2.52. The lowest BCUT2D eigenvalue weighted by molar-refractivity contribution is -0.122. The maximum atomic E-state index is 14.1. The molecule has 21 heavy (non-hydrogen) atoms. The molecule has 1 amide bonds. The molecule has 0 fully saturated rings. The molecule has 3 N–H and O–H groups in total. The fraction of sp³-hybridized carbons (Fsp3) is 0.562. The van der Waals surface area contributed by atoms with Crippen LogP contribution in [0.25, 0.3) is 0 Å². The van der Waals surface area contributed by atoms with Gasteiger partial charge in [-0.05, 0) is 30.5 Å². The van der Waals surface area contributed by atoms with E-state index >= 15 is 0 Å². The number of rotatable bonds is 4. The number of nitrogens with one attached hydrogen (secondary N) is 1. The molecule has 4 nitrogen and oxygen atoms in total. The van der Waals surface area contributed by atoms with Gasteiger partial charge in [0.05, 0.1) is 12.6 Å². The van der Waals surface area contributed by atoms with E-state index in [4.69, 9.17) is 10.5 Å². The Morgan fingerprint density at radius 3 is 2.81 bits per heavy atom. The number of ether oxygens (including phenoxy) is 1. The summed E-state index contributed by atoms with van der Waals surface area (Å²) < 4.78 is 19.5. The van der Waals surface area contributed by atoms with Gasteiger partial charge in [-0.2, -0.15) is 0 Å². The van der Waals surface area contributed by atoms with E-state index in [1.165, 1.54) is 6.07 Å². The number of carbonyl (C=O) groups excluding carboxylic acids is 1. The number of hydrogen-bond donors (Lipinski definition) is 2. The number of halogens is 1. The Balaban J connectivity index is 2.27. The monoisotopic (exact) mass is 294 g/mol. The Kier molecular flexibility index (Phi) is 4.83. The van der Waals surface area contributed by atoms with E-state index in [0.717, 1.165) is 0 Å². The van der Waals surface area contributed by atoms with Crippen molar-refractivity contribution in [1.29, 1.82) is 0 Å². The first-order valence-corrected chi connectivity index (χ1v) is 7.39. The molecule has 0 saturated carbocycles. The summed E-state index contributed by atoms with van der Waals surface area (Å²) in [7, 11) is 0. The second-order valence-corrected chi connectivity index (χ2v) is 6.06. The Morgan fingerprint density at radius 1 is 1.48 bits per heavy atom. The summed E-state index contributed by atoms with van der Waals surface area (Å²) in [6.07, 6.45) is 1.10. The highest BCUT2D eigenvalue weighted by Crippen LogP contribution is 2.36. The standard InChI is InChI=1S/C16H23FN2O2/c1-9(2)6-15(20)19-14-4-5-21-16-12(14)7-11(10(3)18)8-13(16)17/h7-10,14H,4-6,18H2,1-3H3,(H,19,20). The Morgan fingerprint density at radius 2 is 2.19 bits per heavy atom. The minimum atomic E-state index is -0.414. The lowest BCUT2D eigenvalue weighted by Gasteiger charge is -2.28. The molecule has 116 valence electrons. The third-order valence-corrected chi connectivity index (χ3v) is 3.58. The zero-order valence-corrected chi connectivity index (χ0v) is 12.8. The van der Waals surface area contributed by atoms with Crippen LogP contribution in [0.2, 0.25) is 0 Å². The molecule has 5 heteroatoms. The molecule has 2 rings (SSSR count). The van der Waals surface area contributed by atoms with E-state index in [1.807, 2.05) is 19.9 Å². The first kappa shape index (κ1) is 15.8. The van der Waals surface area contributed by atoms with Crippen molar-refractivity contribution in [1.82, 2.24) is 5.32 Å². The summed E-state index contributed by atoms with van der Waals surface area (Å²) in [6, 6.07) is 2.76. The van der Waals surface area contributed by atoms with Gasteiger partial charge in [0.1, 0.15) is 0 Å². The summed E-state index contributed by atoms with van der Waals surface area (Å²) >= 11 is 0. The van der Waals surface area contributed by atoms with Crippen molar-refractivity contribution < 1.29 is 13.9 Å². The Labute approximate surface area is 124 Å². The second kappa shape index (κ2) is 6.43. The molecule has 1 aromatic carbocycles. The van der Waals surface area contributed by atoms with Crippen molar-refractivity contribution in [2.45, 2.75) is 45.7 Å². The van der Waals surface area contributed by atoms with Gasteiger partial charge in [-0.3, -0.25) is 4.79 Å². The van der Waals surface area contributed by atoms with E-state index in [-0.39, 0.29) is 29.7 Å². The van der Waals surface area contributed by atoms with Crippen LogP contribution in [-0.2, 0) is 4.79 Å². The average Bonchev–Trinajstić information content (AvgIpc) is 2.38. The average molecular weight is 294 g/mol. The lowest BCUT2D eigenvalue weighted by Crippen LogP contribution is -2.33. The topological polar surface area (TPSA) is 64.3 Å². The van der Waals surface area contributed by atoms with Crippen molar-refractivity contribution in [2.24, 2.45) is 11.7 Å². The van der Waals surface area contributed by atoms with Crippen molar-refractivity contribution >= 4 is 5.91 Å². The maximum Gasteiger partial charge on any atom is 0.220 e. The van der Waals surface area contributed by atoms with Gasteiger partial charge in [0, 0.05) is 24.4 Å². The van der Waals surface area contributed by atoms with E-state index in [1.54, 1.807) is 6.92 Å². The zero-order valence-electron chi connectivity index (χ0n) is 12.8. The Bertz CT molecular complexity index is 529. The fourth-order valence-electron chi connectivity index (χ4n) is 2.52. The molecular formula is C16H23FN2O2. The maximum absolute atomic E-state index is 14.1. The predicted octanol–water partition coefficient (Wildman–Crippen LogP) is 2.83. The van der Waals surface area contributed by atoms with Crippen LogP contribution in [-0.4, -0.2) is 12.5 Å². The molecular weight excluding hydrogens is 271 g/mol. The number of carbonyl (C=O) groups is 1. The molecule has 0 radical (unpaired) electrons. The summed E-state index contributed by atoms with van der Waals surface area (Å²) in [5, 5.41) is 2.97. The quantitative estimate of drug-likeness (QED) is 0.897. The molecule has 0 spiro atoms. The summed E-state index contributed by atoms with van der Waals surface area (Å²) in [5.74, 6) is 0.0917. The molecule has 1 aliphatic rings. The minimum Gasteiger partial charge on any atom is -0.490 e. The molecule has 1 aromatic rings. The third kappa shape index (κ3) is 3.73. The van der Waals surface area contributed by atoms with Crippen LogP contribution >= 0.6 is 0 Å². The molecule has 2 atom stereocenters. The van der Waals surface area contributed by atoms with Gasteiger partial charge in [-0.25, -0.2) is 4.39 Å². The van der Waals surface area contributed by atoms with Crippen LogP contribution in [0, 0.1) is 11.7 Å². The normalized spacial score (nSPS) is 18.9. The summed E-state index contributed by atoms with van der Waals surface area (Å²) in [6.45, 7) is 6.18. The van der Waals surface area contributed by atoms with Gasteiger partial charge in [0.25, 0.3) is 0 Å². The first-order chi connectivity index (χ1) is 9.88. The van der Waals surface area contributed by atoms with Crippen molar-refractivity contribution in [3.63, 3.8) is 0 Å². The van der Waals surface area contributed by atoms with Crippen molar-refractivity contribution in [2.75, 3.05) is 6.61 Å². The highest BCUT2D eigenvalue weighted by atomic mass is 19.1. The molecule has 0 aliphatic carbocycles. The third-order valence-electron chi connectivity index (χ3n) is 3.58. The number of benzene rings is 1. The van der Waals surface area contributed by atoms with E-state index in [0.29, 0.717) is 30.6 Å². The largest absolute Gasteiger partial charge is 0.490 e. The molecule has 1 aliphatic heterocycles. The smallest absolute Gasteiger partial charge is 0.220 e. The van der Waals surface area contributed by atoms with Gasteiger partial charge in [0.2, 0.25) is 5.91 Å². The van der Waals surface area contributed by atoms with Gasteiger partial charge >= 0.3 is 0 Å². The number of fused-ring (bicyclic) bond motifs is 1. The van der Waals surface area contributed by atoms with Crippen molar-refractivity contribution in [3.8, 4) is 5.75 Å². The predicted molar refractivity (Wildman–Crippen MR) is 79.5 cm³/mol.